The molecular weight excluding hydrogens is 520 g/mol. The molecule has 2 aliphatic rings. The van der Waals surface area contributed by atoms with Crippen molar-refractivity contribution >= 4 is 31.3 Å². The highest BCUT2D eigenvalue weighted by Crippen LogP contribution is 2.34. The highest BCUT2D eigenvalue weighted by Gasteiger charge is 2.36. The number of benzene rings is 2. The minimum absolute atomic E-state index is 0.0939. The van der Waals surface area contributed by atoms with Crippen LogP contribution < -0.4 is 4.74 Å². The summed E-state index contributed by atoms with van der Waals surface area (Å²) in [5.41, 5.74) is 2.99. The van der Waals surface area contributed by atoms with E-state index in [9.17, 15) is 22.1 Å². The van der Waals surface area contributed by atoms with E-state index < -0.39 is 31.2 Å². The summed E-state index contributed by atoms with van der Waals surface area (Å²) in [6.45, 7) is 3.70. The predicted octanol–water partition coefficient (Wildman–Crippen LogP) is 3.68. The van der Waals surface area contributed by atoms with Gasteiger partial charge in [0, 0.05) is 35.8 Å². The van der Waals surface area contributed by atoms with Crippen LogP contribution in [-0.4, -0.2) is 64.7 Å². The van der Waals surface area contributed by atoms with E-state index in [0.29, 0.717) is 40.9 Å². The second kappa shape index (κ2) is 10.7. The maximum atomic E-state index is 12.4. The van der Waals surface area contributed by atoms with Gasteiger partial charge in [0.15, 0.2) is 9.84 Å². The van der Waals surface area contributed by atoms with E-state index in [1.807, 2.05) is 6.07 Å². The molecule has 10 heteroatoms. The van der Waals surface area contributed by atoms with E-state index in [1.165, 1.54) is 17.7 Å². The number of likely N-dealkylation sites (tertiary alicyclic amines) is 1. The van der Waals surface area contributed by atoms with Crippen molar-refractivity contribution in [2.45, 2.75) is 49.6 Å². The molecule has 0 amide bonds. The molecule has 194 valence electrons. The van der Waals surface area contributed by atoms with Crippen LogP contribution in [0.2, 0.25) is 5.02 Å². The molecule has 1 heterocycles. The van der Waals surface area contributed by atoms with Crippen LogP contribution in [0, 0.1) is 17.2 Å². The molecule has 2 aromatic rings. The first-order chi connectivity index (χ1) is 16.9. The zero-order valence-corrected chi connectivity index (χ0v) is 22.9. The standard InChI is InChI=1S/C26H31ClN2O5S2/c1-18-11-19(16-29(18)23-3-8-26-20(14-23)12-22(27)13-21(26)15-28)17-34-24-4-6-25(7-5-24)36(32,33)10-9-35(2,30)31/h4-7,12-13,18-19,23H,3,8-11,14,16-17H2,1-2H3/t18-,19+,23+/m1/s1. The van der Waals surface area contributed by atoms with E-state index in [-0.39, 0.29) is 4.90 Å². The van der Waals surface area contributed by atoms with Gasteiger partial charge in [-0.05, 0) is 80.1 Å². The molecule has 1 aliphatic carbocycles. The number of fused-ring (bicyclic) bond motifs is 1. The smallest absolute Gasteiger partial charge is 0.179 e. The third-order valence-corrected chi connectivity index (χ3v) is 10.3. The number of nitrogens with zero attached hydrogens (tertiary/aromatic N) is 2. The van der Waals surface area contributed by atoms with Crippen LogP contribution in [0.15, 0.2) is 41.3 Å². The molecule has 7 nitrogen and oxygen atoms in total. The van der Waals surface area contributed by atoms with Crippen LogP contribution >= 0.6 is 11.6 Å². The lowest BCUT2D eigenvalue weighted by molar-refractivity contribution is 0.164. The lowest BCUT2D eigenvalue weighted by atomic mass is 9.85. The zero-order valence-electron chi connectivity index (χ0n) is 20.5. The highest BCUT2D eigenvalue weighted by molar-refractivity contribution is 7.94. The predicted molar refractivity (Wildman–Crippen MR) is 140 cm³/mol. The van der Waals surface area contributed by atoms with E-state index in [4.69, 9.17) is 16.3 Å². The Kier molecular flexibility index (Phi) is 8.01. The number of halogens is 1. The summed E-state index contributed by atoms with van der Waals surface area (Å²) in [5, 5.41) is 10.1. The van der Waals surface area contributed by atoms with Crippen molar-refractivity contribution in [1.29, 1.82) is 5.26 Å². The van der Waals surface area contributed by atoms with Gasteiger partial charge in [0.2, 0.25) is 0 Å². The lowest BCUT2D eigenvalue weighted by Gasteiger charge is -2.35. The zero-order chi connectivity index (χ0) is 26.1. The van der Waals surface area contributed by atoms with Gasteiger partial charge in [0.05, 0.1) is 34.6 Å². The second-order valence-electron chi connectivity index (χ2n) is 9.98. The highest BCUT2D eigenvalue weighted by atomic mass is 35.5. The molecule has 0 saturated carbocycles. The minimum atomic E-state index is -3.66. The van der Waals surface area contributed by atoms with Crippen molar-refractivity contribution in [3.63, 3.8) is 0 Å². The molecule has 0 bridgehead atoms. The van der Waals surface area contributed by atoms with Gasteiger partial charge in [-0.3, -0.25) is 4.90 Å². The monoisotopic (exact) mass is 550 g/mol. The summed E-state index contributed by atoms with van der Waals surface area (Å²) in [6.07, 6.45) is 4.82. The molecule has 3 atom stereocenters. The molecule has 0 N–H and O–H groups in total. The molecule has 0 radical (unpaired) electrons. The fourth-order valence-electron chi connectivity index (χ4n) is 5.36. The third kappa shape index (κ3) is 6.41. The summed E-state index contributed by atoms with van der Waals surface area (Å²) in [6, 6.07) is 13.0. The molecular formula is C26H31ClN2O5S2. The average Bonchev–Trinajstić information content (AvgIpc) is 3.20. The number of rotatable bonds is 8. The minimum Gasteiger partial charge on any atom is -0.493 e. The first-order valence-electron chi connectivity index (χ1n) is 12.1. The van der Waals surface area contributed by atoms with Crippen molar-refractivity contribution in [3.8, 4) is 11.8 Å². The maximum Gasteiger partial charge on any atom is 0.179 e. The SMILES string of the molecule is C[C@@H]1C[C@H](COc2ccc(S(=O)(=O)CCS(C)(=O)=O)cc2)CN1[C@H]1CCc2c(C#N)cc(Cl)cc2C1. The number of hydrogen-bond acceptors (Lipinski definition) is 7. The molecule has 2 aromatic carbocycles. The molecule has 1 fully saturated rings. The Bertz CT molecular complexity index is 1370. The van der Waals surface area contributed by atoms with Gasteiger partial charge in [0.25, 0.3) is 0 Å². The molecule has 4 rings (SSSR count). The Balaban J connectivity index is 1.33. The van der Waals surface area contributed by atoms with Gasteiger partial charge in [-0.15, -0.1) is 0 Å². The summed E-state index contributed by atoms with van der Waals surface area (Å²) >= 11 is 6.25. The summed E-state index contributed by atoms with van der Waals surface area (Å²) in [7, 11) is -7.02. The Labute approximate surface area is 218 Å². The van der Waals surface area contributed by atoms with Crippen molar-refractivity contribution in [2.24, 2.45) is 5.92 Å². The first kappa shape index (κ1) is 26.9. The van der Waals surface area contributed by atoms with Crippen LogP contribution in [-0.2, 0) is 32.5 Å². The van der Waals surface area contributed by atoms with E-state index >= 15 is 0 Å². The lowest BCUT2D eigenvalue weighted by Crippen LogP contribution is -2.41. The van der Waals surface area contributed by atoms with Gasteiger partial charge < -0.3 is 4.74 Å². The van der Waals surface area contributed by atoms with Crippen LogP contribution in [0.3, 0.4) is 0 Å². The van der Waals surface area contributed by atoms with Gasteiger partial charge in [-0.1, -0.05) is 11.6 Å². The van der Waals surface area contributed by atoms with Crippen molar-refractivity contribution < 1.29 is 21.6 Å². The number of sulfone groups is 2. The number of nitriles is 1. The van der Waals surface area contributed by atoms with E-state index in [2.05, 4.69) is 17.9 Å². The second-order valence-corrected chi connectivity index (χ2v) is 14.8. The Morgan fingerprint density at radius 1 is 1.14 bits per heavy atom. The van der Waals surface area contributed by atoms with Crippen LogP contribution in [0.5, 0.6) is 5.75 Å². The Morgan fingerprint density at radius 3 is 2.53 bits per heavy atom. The number of hydrogen-bond donors (Lipinski definition) is 0. The summed E-state index contributed by atoms with van der Waals surface area (Å²) < 4.78 is 53.4. The Hall–Kier alpha value is -2.12. The fourth-order valence-corrected chi connectivity index (χ4v) is 8.47. The molecule has 0 spiro atoms. The quantitative estimate of drug-likeness (QED) is 0.493. The first-order valence-corrected chi connectivity index (χ1v) is 16.1. The van der Waals surface area contributed by atoms with E-state index in [0.717, 1.165) is 44.0 Å². The molecule has 1 saturated heterocycles. The maximum absolute atomic E-state index is 12.4. The summed E-state index contributed by atoms with van der Waals surface area (Å²) in [4.78, 5) is 2.64. The molecule has 0 unspecified atom stereocenters. The largest absolute Gasteiger partial charge is 0.493 e. The molecule has 36 heavy (non-hydrogen) atoms. The topological polar surface area (TPSA) is 105 Å². The number of ether oxygens (including phenoxy) is 1. The third-order valence-electron chi connectivity index (χ3n) is 7.18. The van der Waals surface area contributed by atoms with Gasteiger partial charge >= 0.3 is 0 Å². The van der Waals surface area contributed by atoms with Crippen LogP contribution in [0.1, 0.15) is 36.5 Å². The van der Waals surface area contributed by atoms with Crippen LogP contribution in [0.4, 0.5) is 0 Å². The fraction of sp³-hybridized carbons (Fsp3) is 0.500. The molecule has 1 aliphatic heterocycles. The van der Waals surface area contributed by atoms with Gasteiger partial charge in [0.1, 0.15) is 15.6 Å². The van der Waals surface area contributed by atoms with Crippen molar-refractivity contribution in [2.75, 3.05) is 30.9 Å². The molecule has 0 aromatic heterocycles. The van der Waals surface area contributed by atoms with E-state index in [1.54, 1.807) is 18.2 Å². The van der Waals surface area contributed by atoms with Gasteiger partial charge in [-0.25, -0.2) is 16.8 Å². The Morgan fingerprint density at radius 2 is 1.86 bits per heavy atom. The summed E-state index contributed by atoms with van der Waals surface area (Å²) in [5.74, 6) is 0.114. The van der Waals surface area contributed by atoms with Crippen LogP contribution in [0.25, 0.3) is 0 Å². The average molecular weight is 551 g/mol. The normalized spacial score (nSPS) is 22.7. The van der Waals surface area contributed by atoms with Crippen molar-refractivity contribution in [3.05, 3.63) is 58.1 Å². The van der Waals surface area contributed by atoms with Gasteiger partial charge in [-0.2, -0.15) is 5.26 Å². The van der Waals surface area contributed by atoms with Crippen molar-refractivity contribution in [1.82, 2.24) is 4.90 Å².